The number of hydrogen-bond donors (Lipinski definition) is 1. The van der Waals surface area contributed by atoms with Crippen LogP contribution in [0.15, 0.2) is 54.5 Å². The van der Waals surface area contributed by atoms with Gasteiger partial charge in [-0.2, -0.15) is 20.9 Å². The maximum Gasteiger partial charge on any atom is 0.411 e. The summed E-state index contributed by atoms with van der Waals surface area (Å²) in [5.74, 6) is 0.443. The number of nitriles is 3. The third kappa shape index (κ3) is 10.2. The lowest BCUT2D eigenvalue weighted by atomic mass is 9.79. The Labute approximate surface area is 310 Å². The molecule has 0 aliphatic heterocycles. The Balaban J connectivity index is 0.000000286. The molecule has 0 aliphatic rings. The molecular weight excluding hydrogens is 672 g/mol. The van der Waals surface area contributed by atoms with Crippen molar-refractivity contribution >= 4 is 18.0 Å². The Morgan fingerprint density at radius 3 is 2.02 bits per heavy atom. The number of hydrogen-bond acceptors (Lipinski definition) is 11. The normalized spacial score (nSPS) is 11.7. The lowest BCUT2D eigenvalue weighted by molar-refractivity contribution is 0.187. The van der Waals surface area contributed by atoms with Gasteiger partial charge in [-0.15, -0.1) is 5.10 Å². The molecular formula is C38H44N12O3. The van der Waals surface area contributed by atoms with Crippen molar-refractivity contribution in [2.45, 2.75) is 90.3 Å². The van der Waals surface area contributed by atoms with Gasteiger partial charge in [0.25, 0.3) is 5.54 Å². The molecule has 4 rings (SSSR count). The zero-order valence-electron chi connectivity index (χ0n) is 31.8. The second kappa shape index (κ2) is 16.6. The molecule has 15 heteroatoms. The van der Waals surface area contributed by atoms with Crippen LogP contribution in [0, 0.1) is 40.6 Å². The predicted molar refractivity (Wildman–Crippen MR) is 197 cm³/mol. The SMILES string of the molecule is CO/N=C\c1ncn(Cc2cc(C(C)(C)C#N)cc(C(C)(C)C#N)c2)n1.[C-]#[N+]C(C)(C)c1cc(Cn2cncn2)c(NC(=O)OC)c(C(C)(C)C#N)c1. The molecule has 2 aromatic heterocycles. The first kappa shape index (κ1) is 40.8. The van der Waals surface area contributed by atoms with Crippen LogP contribution in [-0.2, 0) is 44.4 Å². The van der Waals surface area contributed by atoms with Gasteiger partial charge in [-0.25, -0.2) is 30.7 Å². The molecule has 0 atom stereocenters. The molecule has 1 N–H and O–H groups in total. The third-order valence-corrected chi connectivity index (χ3v) is 8.54. The number of anilines is 1. The first-order valence-electron chi connectivity index (χ1n) is 16.4. The van der Waals surface area contributed by atoms with E-state index in [9.17, 15) is 20.6 Å². The Bertz CT molecular complexity index is 2070. The minimum Gasteiger partial charge on any atom is -0.453 e. The smallest absolute Gasteiger partial charge is 0.411 e. The Morgan fingerprint density at radius 2 is 1.51 bits per heavy atom. The van der Waals surface area contributed by atoms with Crippen LogP contribution in [0.25, 0.3) is 4.85 Å². The topological polar surface area (TPSA) is 197 Å². The van der Waals surface area contributed by atoms with Crippen LogP contribution in [-0.4, -0.2) is 56.1 Å². The van der Waals surface area contributed by atoms with E-state index in [1.165, 1.54) is 26.8 Å². The van der Waals surface area contributed by atoms with Gasteiger partial charge in [-0.3, -0.25) is 5.32 Å². The molecule has 0 unspecified atom stereocenters. The molecule has 0 aliphatic carbocycles. The predicted octanol–water partition coefficient (Wildman–Crippen LogP) is 6.37. The highest BCUT2D eigenvalue weighted by Crippen LogP contribution is 2.38. The fraction of sp³-hybridized carbons (Fsp3) is 0.421. The van der Waals surface area contributed by atoms with Crippen molar-refractivity contribution in [1.29, 1.82) is 15.8 Å². The van der Waals surface area contributed by atoms with Crippen LogP contribution >= 0.6 is 0 Å². The standard InChI is InChI=1S/C19H22N6O2.C19H22N6O/c1-18(2,10-20)15-8-14(19(3,4)21-5)7-13(9-25-12-22-11-23-25)16(15)24-17(26)27-6;1-18(2,11-20)15-6-14(7-16(8-15)19(3,4)12-21)10-25-13-22-17(24-25)9-23-26-5/h7-8,11-12H,9H2,1-4,6H3,(H,24,26);6-9,13H,10H2,1-5H3/b;23-9-. The van der Waals surface area contributed by atoms with Crippen molar-refractivity contribution < 1.29 is 14.4 Å². The number of carbonyl (C=O) groups excluding carboxylic acids is 1. The van der Waals surface area contributed by atoms with E-state index < -0.39 is 27.9 Å². The fourth-order valence-electron chi connectivity index (χ4n) is 4.95. The zero-order valence-corrected chi connectivity index (χ0v) is 31.8. The highest BCUT2D eigenvalue weighted by molar-refractivity contribution is 5.87. The summed E-state index contributed by atoms with van der Waals surface area (Å²) >= 11 is 0. The molecule has 15 nitrogen and oxygen atoms in total. The Morgan fingerprint density at radius 1 is 0.887 bits per heavy atom. The number of aromatic nitrogens is 6. The summed E-state index contributed by atoms with van der Waals surface area (Å²) in [6.07, 6.45) is 5.37. The van der Waals surface area contributed by atoms with Gasteiger partial charge < -0.3 is 14.4 Å². The van der Waals surface area contributed by atoms with Gasteiger partial charge in [0.2, 0.25) is 0 Å². The molecule has 0 fully saturated rings. The Hall–Kier alpha value is -6.58. The fourth-order valence-corrected chi connectivity index (χ4v) is 4.95. The summed E-state index contributed by atoms with van der Waals surface area (Å²) in [7, 11) is 2.73. The van der Waals surface area contributed by atoms with Gasteiger partial charge in [0.1, 0.15) is 32.3 Å². The second-order valence-corrected chi connectivity index (χ2v) is 14.3. The van der Waals surface area contributed by atoms with Crippen LogP contribution in [0.3, 0.4) is 0 Å². The van der Waals surface area contributed by atoms with Crippen LogP contribution in [0.4, 0.5) is 10.5 Å². The first-order valence-corrected chi connectivity index (χ1v) is 16.4. The minimum absolute atomic E-state index is 0.315. The average molecular weight is 717 g/mol. The summed E-state index contributed by atoms with van der Waals surface area (Å²) in [6.45, 7) is 22.9. The molecule has 2 aromatic carbocycles. The van der Waals surface area contributed by atoms with E-state index in [1.807, 2.05) is 65.8 Å². The van der Waals surface area contributed by atoms with E-state index in [-0.39, 0.29) is 0 Å². The highest BCUT2D eigenvalue weighted by Gasteiger charge is 2.33. The summed E-state index contributed by atoms with van der Waals surface area (Å²) in [5, 5.41) is 43.5. The second-order valence-electron chi connectivity index (χ2n) is 14.3. The molecule has 0 saturated carbocycles. The third-order valence-electron chi connectivity index (χ3n) is 8.54. The first-order chi connectivity index (χ1) is 24.9. The summed E-state index contributed by atoms with van der Waals surface area (Å²) in [5.41, 5.74) is 2.23. The number of nitrogens with zero attached hydrogens (tertiary/aromatic N) is 11. The molecule has 0 radical (unpaired) electrons. The monoisotopic (exact) mass is 716 g/mol. The van der Waals surface area contributed by atoms with Crippen molar-refractivity contribution in [3.63, 3.8) is 0 Å². The van der Waals surface area contributed by atoms with Crippen LogP contribution in [0.2, 0.25) is 0 Å². The van der Waals surface area contributed by atoms with Gasteiger partial charge >= 0.3 is 6.09 Å². The number of ether oxygens (including phenoxy) is 1. The van der Waals surface area contributed by atoms with E-state index >= 15 is 0 Å². The number of benzene rings is 2. The van der Waals surface area contributed by atoms with E-state index in [0.29, 0.717) is 35.7 Å². The maximum absolute atomic E-state index is 11.9. The largest absolute Gasteiger partial charge is 0.453 e. The summed E-state index contributed by atoms with van der Waals surface area (Å²) < 4.78 is 8.03. The Kier molecular flexibility index (Phi) is 12.8. The van der Waals surface area contributed by atoms with Crippen molar-refractivity contribution in [1.82, 2.24) is 29.5 Å². The molecule has 53 heavy (non-hydrogen) atoms. The van der Waals surface area contributed by atoms with E-state index in [4.69, 9.17) is 11.3 Å². The van der Waals surface area contributed by atoms with Crippen molar-refractivity contribution in [3.8, 4) is 18.2 Å². The van der Waals surface area contributed by atoms with Gasteiger partial charge in [0.05, 0.1) is 60.3 Å². The van der Waals surface area contributed by atoms with Crippen LogP contribution in [0.1, 0.15) is 94.6 Å². The van der Waals surface area contributed by atoms with Gasteiger partial charge in [-0.1, -0.05) is 23.4 Å². The van der Waals surface area contributed by atoms with Gasteiger partial charge in [-0.05, 0) is 81.5 Å². The van der Waals surface area contributed by atoms with Crippen LogP contribution in [0.5, 0.6) is 0 Å². The van der Waals surface area contributed by atoms with Crippen molar-refractivity contribution in [2.24, 2.45) is 5.16 Å². The number of carbonyl (C=O) groups is 1. The quantitative estimate of drug-likeness (QED) is 0.103. The summed E-state index contributed by atoms with van der Waals surface area (Å²) in [4.78, 5) is 28.4. The molecule has 2 heterocycles. The van der Waals surface area contributed by atoms with Gasteiger partial charge in [0, 0.05) is 19.4 Å². The molecule has 0 bridgehead atoms. The van der Waals surface area contributed by atoms with Gasteiger partial charge in [0.15, 0.2) is 5.82 Å². The molecule has 0 spiro atoms. The minimum atomic E-state index is -0.901. The molecule has 0 saturated heterocycles. The lowest BCUT2D eigenvalue weighted by Crippen LogP contribution is -2.24. The maximum atomic E-state index is 11.9. The van der Waals surface area contributed by atoms with Crippen LogP contribution < -0.4 is 5.32 Å². The zero-order chi connectivity index (χ0) is 39.6. The number of nitrogens with one attached hydrogen (secondary N) is 1. The molecule has 1 amide bonds. The average Bonchev–Trinajstić information content (AvgIpc) is 3.83. The van der Waals surface area contributed by atoms with Crippen molar-refractivity contribution in [2.75, 3.05) is 19.5 Å². The van der Waals surface area contributed by atoms with Crippen molar-refractivity contribution in [3.05, 3.63) is 99.9 Å². The van der Waals surface area contributed by atoms with E-state index in [2.05, 4.69) is 58.5 Å². The number of rotatable bonds is 11. The highest BCUT2D eigenvalue weighted by atomic mass is 16.6. The molecule has 274 valence electrons. The van der Waals surface area contributed by atoms with E-state index in [0.717, 1.165) is 22.3 Å². The molecule has 4 aromatic rings. The van der Waals surface area contributed by atoms with E-state index in [1.54, 1.807) is 41.9 Å². The lowest BCUT2D eigenvalue weighted by Gasteiger charge is -2.25. The number of methoxy groups -OCH3 is 1. The number of oxime groups is 1. The summed E-state index contributed by atoms with van der Waals surface area (Å²) in [6, 6.07) is 16.5. The number of amides is 1.